The first-order valence-electron chi connectivity index (χ1n) is 7.42. The molecule has 0 aliphatic carbocycles. The lowest BCUT2D eigenvalue weighted by molar-refractivity contribution is -0.648. The summed E-state index contributed by atoms with van der Waals surface area (Å²) < 4.78 is 2.41. The summed E-state index contributed by atoms with van der Waals surface area (Å²) >= 11 is 2.06. The van der Waals surface area contributed by atoms with Crippen LogP contribution in [0.25, 0.3) is 21.7 Å². The van der Waals surface area contributed by atoms with Gasteiger partial charge in [0.1, 0.15) is 0 Å². The largest absolute Gasteiger partial charge is 1.00 e. The predicted octanol–water partition coefficient (Wildman–Crippen LogP) is 1.85. The minimum atomic E-state index is -0.983. The fourth-order valence-electron chi connectivity index (χ4n) is 2.60. The second-order valence-electron chi connectivity index (χ2n) is 6.74. The van der Waals surface area contributed by atoms with E-state index in [4.69, 9.17) is 0 Å². The monoisotopic (exact) mass is 347 g/mol. The number of halogens is 1. The number of hydrogen-bond donors (Lipinski definition) is 0. The van der Waals surface area contributed by atoms with Crippen molar-refractivity contribution in [3.8, 4) is 0 Å². The van der Waals surface area contributed by atoms with Crippen LogP contribution in [0.5, 0.6) is 0 Å². The summed E-state index contributed by atoms with van der Waals surface area (Å²) in [6.45, 7) is 7.30. The molecule has 0 radical (unpaired) electrons. The van der Waals surface area contributed by atoms with E-state index in [1.54, 1.807) is 0 Å². The van der Waals surface area contributed by atoms with Gasteiger partial charge in [-0.25, -0.2) is 0 Å². The lowest BCUT2D eigenvalue weighted by Gasteiger charge is -2.13. The topological polar surface area (TPSA) is 3.88 Å². The molecule has 0 aliphatic heterocycles. The molecule has 0 bridgehead atoms. The third kappa shape index (κ3) is 3.83. The molecule has 3 rings (SSSR count). The molecule has 0 aliphatic rings. The van der Waals surface area contributed by atoms with E-state index in [-0.39, 0.29) is 12.4 Å². The quantitative estimate of drug-likeness (QED) is 0.396. The number of aromatic nitrogens is 1. The Hall–Kier alpha value is -1.03. The van der Waals surface area contributed by atoms with Crippen molar-refractivity contribution in [1.29, 1.82) is 0 Å². The zero-order valence-corrected chi connectivity index (χ0v) is 15.9. The van der Waals surface area contributed by atoms with Gasteiger partial charge in [0.15, 0.2) is 12.1 Å². The maximum atomic E-state index is 2.43. The van der Waals surface area contributed by atoms with Crippen molar-refractivity contribution in [2.45, 2.75) is 25.5 Å². The van der Waals surface area contributed by atoms with E-state index in [1.165, 1.54) is 27.1 Å². The third-order valence-corrected chi connectivity index (χ3v) is 8.27. The number of fused-ring (bicyclic) bond motifs is 3. The number of hydrogen-bond acceptors (Lipinski definition) is 1. The Morgan fingerprint density at radius 2 is 1.55 bits per heavy atom. The average molecular weight is 348 g/mol. The molecule has 1 nitrogen and oxygen atoms in total. The second-order valence-corrected chi connectivity index (χ2v) is 13.7. The first-order valence-corrected chi connectivity index (χ1v) is 12.3. The van der Waals surface area contributed by atoms with Crippen LogP contribution in [0.4, 0.5) is 0 Å². The lowest BCUT2D eigenvalue weighted by Crippen LogP contribution is -3.00. The molecule has 0 atom stereocenters. The standard InChI is InChI=1S/C18H22NSSi.ClH/c1-21(2,3)14-20-13-19-12-15-8-4-5-9-16(15)17-10-6-7-11-18(17)19;/h4-12H,13-14H2,1-3H3;1H/q+1;/p-1. The summed E-state index contributed by atoms with van der Waals surface area (Å²) in [5.41, 5.74) is 1.33. The molecular formula is C18H22ClNSSi. The van der Waals surface area contributed by atoms with Crippen LogP contribution in [0.2, 0.25) is 19.6 Å². The van der Waals surface area contributed by atoms with Crippen LogP contribution in [0.15, 0.2) is 54.7 Å². The molecule has 1 heterocycles. The molecule has 3 aromatic rings. The number of thioether (sulfide) groups is 1. The smallest absolute Gasteiger partial charge is 0.213 e. The number of nitrogens with zero attached hydrogens (tertiary/aromatic N) is 1. The van der Waals surface area contributed by atoms with E-state index < -0.39 is 8.07 Å². The highest BCUT2D eigenvalue weighted by molar-refractivity contribution is 7.99. The minimum Gasteiger partial charge on any atom is -1.00 e. The van der Waals surface area contributed by atoms with Gasteiger partial charge in [-0.3, -0.25) is 0 Å². The fourth-order valence-corrected chi connectivity index (χ4v) is 5.83. The van der Waals surface area contributed by atoms with Crippen molar-refractivity contribution in [3.63, 3.8) is 0 Å². The van der Waals surface area contributed by atoms with Crippen molar-refractivity contribution >= 4 is 41.5 Å². The van der Waals surface area contributed by atoms with Gasteiger partial charge in [-0.05, 0) is 17.5 Å². The fraction of sp³-hybridized carbons (Fsp3) is 0.278. The predicted molar refractivity (Wildman–Crippen MR) is 97.5 cm³/mol. The van der Waals surface area contributed by atoms with Gasteiger partial charge in [-0.2, -0.15) is 4.57 Å². The molecule has 0 amide bonds. The summed E-state index contributed by atoms with van der Waals surface area (Å²) in [5, 5.41) is 5.33. The van der Waals surface area contributed by atoms with Crippen molar-refractivity contribution in [2.75, 3.05) is 5.38 Å². The van der Waals surface area contributed by atoms with Crippen molar-refractivity contribution in [3.05, 3.63) is 54.7 Å². The summed E-state index contributed by atoms with van der Waals surface area (Å²) in [7, 11) is -0.983. The number of benzene rings is 2. The molecule has 0 unspecified atom stereocenters. The van der Waals surface area contributed by atoms with Gasteiger partial charge in [0.2, 0.25) is 5.52 Å². The molecule has 0 saturated carbocycles. The summed E-state index contributed by atoms with van der Waals surface area (Å²) in [5.74, 6) is 1.04. The van der Waals surface area contributed by atoms with E-state index in [0.29, 0.717) is 0 Å². The van der Waals surface area contributed by atoms with Gasteiger partial charge in [0, 0.05) is 16.8 Å². The Balaban J connectivity index is 0.00000176. The molecule has 0 fully saturated rings. The van der Waals surface area contributed by atoms with Crippen molar-refractivity contribution in [1.82, 2.24) is 0 Å². The first-order chi connectivity index (χ1) is 10.0. The van der Waals surface area contributed by atoms with Gasteiger partial charge < -0.3 is 12.4 Å². The van der Waals surface area contributed by atoms with E-state index in [0.717, 1.165) is 5.88 Å². The molecular weight excluding hydrogens is 326 g/mol. The molecule has 0 N–H and O–H groups in total. The molecule has 116 valence electrons. The summed E-state index contributed by atoms with van der Waals surface area (Å²) in [6, 6.07) is 17.4. The number of pyridine rings is 1. The summed E-state index contributed by atoms with van der Waals surface area (Å²) in [6.07, 6.45) is 2.30. The van der Waals surface area contributed by atoms with Crippen LogP contribution in [-0.2, 0) is 5.88 Å². The highest BCUT2D eigenvalue weighted by Crippen LogP contribution is 2.22. The Labute approximate surface area is 144 Å². The maximum absolute atomic E-state index is 2.43. The minimum absolute atomic E-state index is 0. The zero-order valence-electron chi connectivity index (χ0n) is 13.3. The molecule has 1 aromatic heterocycles. The van der Waals surface area contributed by atoms with E-state index in [9.17, 15) is 0 Å². The van der Waals surface area contributed by atoms with Gasteiger partial charge in [0.25, 0.3) is 0 Å². The second kappa shape index (κ2) is 7.03. The van der Waals surface area contributed by atoms with Gasteiger partial charge in [-0.1, -0.05) is 61.7 Å². The SMILES string of the molecule is C[Si](C)(C)CSC[n+]1cc2ccccc2c2ccccc21.[Cl-]. The molecule has 0 spiro atoms. The molecule has 22 heavy (non-hydrogen) atoms. The van der Waals surface area contributed by atoms with Gasteiger partial charge in [0.05, 0.1) is 13.5 Å². The Kier molecular flexibility index (Phi) is 5.53. The lowest BCUT2D eigenvalue weighted by atomic mass is 10.1. The average Bonchev–Trinajstić information content (AvgIpc) is 2.46. The van der Waals surface area contributed by atoms with Crippen LogP contribution in [0.3, 0.4) is 0 Å². The van der Waals surface area contributed by atoms with Crippen LogP contribution in [-0.4, -0.2) is 13.5 Å². The van der Waals surface area contributed by atoms with E-state index >= 15 is 0 Å². The van der Waals surface area contributed by atoms with Crippen molar-refractivity contribution in [2.24, 2.45) is 0 Å². The van der Waals surface area contributed by atoms with Crippen LogP contribution in [0.1, 0.15) is 0 Å². The normalized spacial score (nSPS) is 11.6. The van der Waals surface area contributed by atoms with E-state index in [2.05, 4.69) is 90.7 Å². The Bertz CT molecular complexity index is 783. The zero-order chi connectivity index (χ0) is 14.9. The Morgan fingerprint density at radius 1 is 0.909 bits per heavy atom. The van der Waals surface area contributed by atoms with Crippen LogP contribution < -0.4 is 17.0 Å². The third-order valence-electron chi connectivity index (χ3n) is 3.52. The molecule has 2 aromatic carbocycles. The maximum Gasteiger partial charge on any atom is 0.213 e. The highest BCUT2D eigenvalue weighted by atomic mass is 35.5. The van der Waals surface area contributed by atoms with Gasteiger partial charge in [-0.15, -0.1) is 0 Å². The first kappa shape index (κ1) is 17.3. The van der Waals surface area contributed by atoms with E-state index in [1.807, 2.05) is 0 Å². The van der Waals surface area contributed by atoms with Crippen LogP contribution in [0, 0.1) is 0 Å². The van der Waals surface area contributed by atoms with Crippen molar-refractivity contribution < 1.29 is 17.0 Å². The number of para-hydroxylation sites is 1. The van der Waals surface area contributed by atoms with Crippen LogP contribution >= 0.6 is 11.8 Å². The molecule has 0 saturated heterocycles. The Morgan fingerprint density at radius 3 is 2.27 bits per heavy atom. The number of rotatable bonds is 4. The highest BCUT2D eigenvalue weighted by Gasteiger charge is 2.16. The van der Waals surface area contributed by atoms with Gasteiger partial charge >= 0.3 is 0 Å². The molecule has 4 heteroatoms. The summed E-state index contributed by atoms with van der Waals surface area (Å²) in [4.78, 5) is 0.